The molecule has 1 aromatic carbocycles. The minimum Gasteiger partial charge on any atom is -0.497 e. The molecule has 0 aliphatic carbocycles. The summed E-state index contributed by atoms with van der Waals surface area (Å²) in [6.07, 6.45) is 0. The molecule has 0 saturated heterocycles. The van der Waals surface area contributed by atoms with Crippen molar-refractivity contribution in [2.45, 2.75) is 26.8 Å². The van der Waals surface area contributed by atoms with Crippen LogP contribution in [0, 0.1) is 11.3 Å². The number of carbonyl (C=O) groups is 1. The Hall–Kier alpha value is -2.92. The largest absolute Gasteiger partial charge is 0.497 e. The van der Waals surface area contributed by atoms with Crippen molar-refractivity contribution in [2.75, 3.05) is 20.2 Å². The fraction of sp³-hybridized carbons (Fsp3) is 0.350. The molecule has 2 heterocycles. The highest BCUT2D eigenvalue weighted by molar-refractivity contribution is 8.17. The van der Waals surface area contributed by atoms with Crippen molar-refractivity contribution in [2.24, 2.45) is 10.7 Å². The first-order valence-electron chi connectivity index (χ1n) is 9.06. The Morgan fingerprint density at radius 1 is 1.36 bits per heavy atom. The van der Waals surface area contributed by atoms with Crippen LogP contribution in [0.15, 0.2) is 51.3 Å². The van der Waals surface area contributed by atoms with E-state index in [0.29, 0.717) is 40.3 Å². The molecular formula is C20H23N5O2S. The third kappa shape index (κ3) is 3.22. The van der Waals surface area contributed by atoms with E-state index in [9.17, 15) is 10.1 Å². The molecule has 0 bridgehead atoms. The molecule has 1 atom stereocenters. The number of amidine groups is 1. The van der Waals surface area contributed by atoms with E-state index in [1.54, 1.807) is 16.9 Å². The number of benzene rings is 1. The van der Waals surface area contributed by atoms with Crippen molar-refractivity contribution in [3.8, 4) is 11.8 Å². The van der Waals surface area contributed by atoms with Crippen LogP contribution in [0.3, 0.4) is 0 Å². The van der Waals surface area contributed by atoms with E-state index in [4.69, 9.17) is 10.5 Å². The zero-order valence-corrected chi connectivity index (χ0v) is 17.2. The fourth-order valence-electron chi connectivity index (χ4n) is 3.40. The van der Waals surface area contributed by atoms with Crippen LogP contribution in [0.2, 0.25) is 0 Å². The second kappa shape index (κ2) is 7.98. The van der Waals surface area contributed by atoms with Gasteiger partial charge < -0.3 is 15.4 Å². The maximum atomic E-state index is 13.3. The van der Waals surface area contributed by atoms with Gasteiger partial charge in [-0.1, -0.05) is 12.1 Å². The monoisotopic (exact) mass is 397 g/mol. The minimum atomic E-state index is -0.454. The van der Waals surface area contributed by atoms with Crippen LogP contribution in [0.25, 0.3) is 0 Å². The smallest absolute Gasteiger partial charge is 0.254 e. The van der Waals surface area contributed by atoms with Crippen LogP contribution in [0.5, 0.6) is 5.75 Å². The van der Waals surface area contributed by atoms with Gasteiger partial charge in [0.15, 0.2) is 5.17 Å². The van der Waals surface area contributed by atoms with Crippen LogP contribution in [-0.2, 0) is 4.79 Å². The molecule has 0 spiro atoms. The lowest BCUT2D eigenvalue weighted by molar-refractivity contribution is -0.127. The number of hydrogen-bond donors (Lipinski definition) is 1. The summed E-state index contributed by atoms with van der Waals surface area (Å²) in [4.78, 5) is 21.9. The number of hydrogen-bond acceptors (Lipinski definition) is 7. The van der Waals surface area contributed by atoms with Crippen molar-refractivity contribution in [3.63, 3.8) is 0 Å². The SMILES string of the molecule is CCN(CC)C(=O)C1=C(C)N=C2SC(C#N)=C(N)N2[C@H]1c1ccc(OC)cc1. The molecule has 0 radical (unpaired) electrons. The molecule has 146 valence electrons. The topological polar surface area (TPSA) is 95.0 Å². The van der Waals surface area contributed by atoms with Gasteiger partial charge in [-0.25, -0.2) is 4.99 Å². The average molecular weight is 398 g/mol. The molecule has 2 N–H and O–H groups in total. The highest BCUT2D eigenvalue weighted by Gasteiger charge is 2.42. The predicted octanol–water partition coefficient (Wildman–Crippen LogP) is 2.95. The molecule has 3 rings (SSSR count). The molecule has 1 aromatic rings. The normalized spacial score (nSPS) is 18.6. The van der Waals surface area contributed by atoms with Gasteiger partial charge in [-0.15, -0.1) is 0 Å². The van der Waals surface area contributed by atoms with Crippen molar-refractivity contribution in [1.82, 2.24) is 9.80 Å². The van der Waals surface area contributed by atoms with Gasteiger partial charge in [-0.05, 0) is 50.2 Å². The number of rotatable bonds is 5. The summed E-state index contributed by atoms with van der Waals surface area (Å²) in [6, 6.07) is 9.20. The van der Waals surface area contributed by atoms with E-state index >= 15 is 0 Å². The zero-order chi connectivity index (χ0) is 20.4. The first kappa shape index (κ1) is 19.8. The first-order chi connectivity index (χ1) is 13.5. The van der Waals surface area contributed by atoms with Crippen molar-refractivity contribution >= 4 is 22.8 Å². The molecule has 2 aliphatic rings. The van der Waals surface area contributed by atoms with E-state index in [2.05, 4.69) is 11.1 Å². The summed E-state index contributed by atoms with van der Waals surface area (Å²) >= 11 is 1.23. The average Bonchev–Trinajstić information content (AvgIpc) is 3.03. The summed E-state index contributed by atoms with van der Waals surface area (Å²) in [7, 11) is 1.61. The van der Waals surface area contributed by atoms with Gasteiger partial charge in [0.1, 0.15) is 22.5 Å². The summed E-state index contributed by atoms with van der Waals surface area (Å²) in [6.45, 7) is 6.93. The van der Waals surface area contributed by atoms with Crippen LogP contribution >= 0.6 is 11.8 Å². The standard InChI is InChI=1S/C20H23N5O2S/c1-5-24(6-2)19(26)16-12(3)23-20-25(18(22)15(11-21)28-20)17(16)13-7-9-14(27-4)10-8-13/h7-10,17H,5-6,22H2,1-4H3/t17-/m0/s1. The summed E-state index contributed by atoms with van der Waals surface area (Å²) in [5.74, 6) is 0.974. The number of allylic oxidation sites excluding steroid dienone is 2. The van der Waals surface area contributed by atoms with E-state index in [0.717, 1.165) is 11.3 Å². The Morgan fingerprint density at radius 2 is 2.00 bits per heavy atom. The van der Waals surface area contributed by atoms with Crippen molar-refractivity contribution in [3.05, 3.63) is 51.8 Å². The molecule has 0 fully saturated rings. The van der Waals surface area contributed by atoms with Crippen LogP contribution < -0.4 is 10.5 Å². The Kier molecular flexibility index (Phi) is 5.66. The molecule has 0 saturated carbocycles. The summed E-state index contributed by atoms with van der Waals surface area (Å²) in [5.41, 5.74) is 8.38. The van der Waals surface area contributed by atoms with E-state index in [1.807, 2.05) is 45.0 Å². The van der Waals surface area contributed by atoms with Crippen LogP contribution in [0.4, 0.5) is 0 Å². The molecule has 0 unspecified atom stereocenters. The second-order valence-electron chi connectivity index (χ2n) is 6.34. The predicted molar refractivity (Wildman–Crippen MR) is 110 cm³/mol. The third-order valence-electron chi connectivity index (χ3n) is 4.89. The van der Waals surface area contributed by atoms with Gasteiger partial charge in [0.2, 0.25) is 0 Å². The Morgan fingerprint density at radius 3 is 2.54 bits per heavy atom. The quantitative estimate of drug-likeness (QED) is 0.821. The number of thioether (sulfide) groups is 1. The second-order valence-corrected chi connectivity index (χ2v) is 7.32. The molecule has 0 aromatic heterocycles. The number of nitrogens with two attached hydrogens (primary N) is 1. The van der Waals surface area contributed by atoms with E-state index in [1.165, 1.54) is 11.8 Å². The van der Waals surface area contributed by atoms with Crippen molar-refractivity contribution < 1.29 is 9.53 Å². The molecular weight excluding hydrogens is 374 g/mol. The van der Waals surface area contributed by atoms with E-state index in [-0.39, 0.29) is 5.91 Å². The van der Waals surface area contributed by atoms with Gasteiger partial charge >= 0.3 is 0 Å². The molecule has 28 heavy (non-hydrogen) atoms. The highest BCUT2D eigenvalue weighted by atomic mass is 32.2. The Labute approximate surface area is 169 Å². The summed E-state index contributed by atoms with van der Waals surface area (Å²) in [5, 5.41) is 10.0. The number of carbonyl (C=O) groups excluding carboxylic acids is 1. The number of methoxy groups -OCH3 is 1. The number of nitrogens with zero attached hydrogens (tertiary/aromatic N) is 4. The van der Waals surface area contributed by atoms with E-state index < -0.39 is 6.04 Å². The zero-order valence-electron chi connectivity index (χ0n) is 16.4. The third-order valence-corrected chi connectivity index (χ3v) is 5.87. The van der Waals surface area contributed by atoms with Crippen LogP contribution in [0.1, 0.15) is 32.4 Å². The van der Waals surface area contributed by atoms with Gasteiger partial charge in [0.05, 0.1) is 24.4 Å². The number of amides is 1. The Balaban J connectivity index is 2.17. The number of ether oxygens (including phenoxy) is 1. The van der Waals surface area contributed by atoms with Gasteiger partial charge in [-0.3, -0.25) is 9.69 Å². The van der Waals surface area contributed by atoms with Gasteiger partial charge in [-0.2, -0.15) is 5.26 Å². The number of fused-ring (bicyclic) bond motifs is 1. The maximum absolute atomic E-state index is 13.3. The molecule has 2 aliphatic heterocycles. The number of nitriles is 1. The van der Waals surface area contributed by atoms with Gasteiger partial charge in [0.25, 0.3) is 5.91 Å². The van der Waals surface area contributed by atoms with Crippen molar-refractivity contribution in [1.29, 1.82) is 5.26 Å². The van der Waals surface area contributed by atoms with Crippen LogP contribution in [-0.4, -0.2) is 41.1 Å². The Bertz CT molecular complexity index is 923. The summed E-state index contributed by atoms with van der Waals surface area (Å²) < 4.78 is 5.26. The molecule has 8 heteroatoms. The first-order valence-corrected chi connectivity index (χ1v) is 9.88. The highest BCUT2D eigenvalue weighted by Crippen LogP contribution is 2.45. The minimum absolute atomic E-state index is 0.0747. The lowest BCUT2D eigenvalue weighted by Gasteiger charge is -2.36. The number of likely N-dealkylation sites (N-methyl/N-ethyl adjacent to an activating group) is 1. The van der Waals surface area contributed by atoms with Gasteiger partial charge in [0, 0.05) is 13.1 Å². The number of aliphatic imine (C=N–C) groups is 1. The fourth-order valence-corrected chi connectivity index (χ4v) is 4.31. The molecule has 1 amide bonds. The lowest BCUT2D eigenvalue weighted by atomic mass is 9.93. The maximum Gasteiger partial charge on any atom is 0.254 e. The lowest BCUT2D eigenvalue weighted by Crippen LogP contribution is -2.42. The molecule has 7 nitrogen and oxygen atoms in total.